The van der Waals surface area contributed by atoms with Crippen LogP contribution in [0, 0.1) is 0 Å². The molecule has 0 rings (SSSR count). The third kappa shape index (κ3) is 8.18. The lowest BCUT2D eigenvalue weighted by Crippen LogP contribution is -2.33. The maximum Gasteiger partial charge on any atom is 0.408 e. The van der Waals surface area contributed by atoms with Gasteiger partial charge in [0.25, 0.3) is 0 Å². The third-order valence-corrected chi connectivity index (χ3v) is 3.04. The molecule has 0 spiro atoms. The number of hydrogen-bond donors (Lipinski definition) is 1. The number of alkyl carbamates (subject to hydrolysis) is 1. The molecule has 0 aliphatic rings. The fraction of sp³-hybridized carbons (Fsp3) is 0.900. The Labute approximate surface area is 104 Å². The van der Waals surface area contributed by atoms with E-state index in [0.717, 1.165) is 0 Å². The lowest BCUT2D eigenvalue weighted by atomic mass is 10.2. The average molecular weight is 268 g/mol. The second kappa shape index (κ2) is 6.99. The van der Waals surface area contributed by atoms with E-state index in [1.807, 2.05) is 0 Å². The second-order valence-corrected chi connectivity index (χ2v) is 6.00. The molecule has 0 bridgehead atoms. The van der Waals surface area contributed by atoms with Gasteiger partial charge in [-0.1, -0.05) is 0 Å². The Morgan fingerprint density at radius 1 is 1.29 bits per heavy atom. The summed E-state index contributed by atoms with van der Waals surface area (Å²) in [6, 6.07) is 0. The van der Waals surface area contributed by atoms with Crippen LogP contribution >= 0.6 is 7.60 Å². The quantitative estimate of drug-likeness (QED) is 0.750. The Hall–Kier alpha value is -0.580. The zero-order valence-electron chi connectivity index (χ0n) is 12.0. The number of rotatable bonds is 6. The first-order chi connectivity index (χ1) is 8.14. The second-order valence-electron chi connectivity index (χ2n) is 4.15. The first-order valence-electron chi connectivity index (χ1n) is 6.03. The largest absolute Gasteiger partial charge is 0.444 e. The highest BCUT2D eigenvalue weighted by Crippen LogP contribution is 2.46. The Bertz CT molecular complexity index is 308. The normalized spacial score (nSPS) is 15.0. The summed E-state index contributed by atoms with van der Waals surface area (Å²) in [4.78, 5) is 11.4. The van der Waals surface area contributed by atoms with E-state index < -0.39 is 25.6 Å². The van der Waals surface area contributed by atoms with Crippen LogP contribution in [0.2, 0.25) is 0 Å². The van der Waals surface area contributed by atoms with Crippen LogP contribution in [-0.2, 0) is 18.3 Å². The van der Waals surface area contributed by atoms with Crippen LogP contribution in [0.1, 0.15) is 36.0 Å². The molecule has 0 fully saturated rings. The highest BCUT2D eigenvalue weighted by Gasteiger charge is 2.25. The van der Waals surface area contributed by atoms with Gasteiger partial charge >= 0.3 is 13.7 Å². The molecule has 0 radical (unpaired) electrons. The number of ether oxygens (including phenoxy) is 1. The van der Waals surface area contributed by atoms with E-state index in [0.29, 0.717) is 0 Å². The van der Waals surface area contributed by atoms with Crippen molar-refractivity contribution in [1.29, 1.82) is 0 Å². The number of amides is 1. The van der Waals surface area contributed by atoms with Gasteiger partial charge in [0.1, 0.15) is 11.9 Å². The van der Waals surface area contributed by atoms with Crippen molar-refractivity contribution in [1.82, 2.24) is 5.32 Å². The summed E-state index contributed by atoms with van der Waals surface area (Å²) in [5.41, 5.74) is -0.689. The summed E-state index contributed by atoms with van der Waals surface area (Å²) in [6.45, 7) is 8.59. The van der Waals surface area contributed by atoms with Crippen LogP contribution in [0.3, 0.4) is 0 Å². The Balaban J connectivity index is 4.56. The van der Waals surface area contributed by atoms with Gasteiger partial charge < -0.3 is 19.1 Å². The van der Waals surface area contributed by atoms with Crippen LogP contribution in [0.15, 0.2) is 0 Å². The van der Waals surface area contributed by atoms with Gasteiger partial charge in [-0.3, -0.25) is 4.57 Å². The van der Waals surface area contributed by atoms with Gasteiger partial charge in [-0.05, 0) is 34.6 Å². The molecule has 0 aromatic heterocycles. The van der Waals surface area contributed by atoms with Crippen LogP contribution in [0.5, 0.6) is 0 Å². The van der Waals surface area contributed by atoms with Gasteiger partial charge in [0.15, 0.2) is 0 Å². The molecule has 0 heterocycles. The van der Waals surface area contributed by atoms with Crippen molar-refractivity contribution in [2.75, 3.05) is 19.5 Å². The van der Waals surface area contributed by atoms with Crippen molar-refractivity contribution in [3.63, 3.8) is 0 Å². The number of carbonyl (C=O) groups excluding carboxylic acids is 1. The van der Waals surface area contributed by atoms with E-state index in [9.17, 15) is 9.36 Å². The predicted octanol–water partition coefficient (Wildman–Crippen LogP) is 2.73. The molecule has 1 atom stereocenters. The maximum atomic E-state index is 12.1. The molecule has 1 N–H and O–H groups in total. The lowest BCUT2D eigenvalue weighted by Gasteiger charge is -2.21. The molecule has 7 heteroatoms. The van der Waals surface area contributed by atoms with Crippen molar-refractivity contribution >= 4 is 13.7 Å². The standard InChI is InChI=1S/C10H22NO5P/c1-6-14-17(13,15-7-2)8-11-9(12)16-10(3,4)5/h6-8H2,1-5H3,(H,11,12)/i8D. The molecular formula is C10H22NO5P. The van der Waals surface area contributed by atoms with E-state index in [1.54, 1.807) is 34.6 Å². The molecule has 102 valence electrons. The Morgan fingerprint density at radius 3 is 2.12 bits per heavy atom. The predicted molar refractivity (Wildman–Crippen MR) is 65.1 cm³/mol. The van der Waals surface area contributed by atoms with Crippen molar-refractivity contribution in [3.8, 4) is 0 Å². The van der Waals surface area contributed by atoms with Crippen molar-refractivity contribution < 1.29 is 24.5 Å². The van der Waals surface area contributed by atoms with Gasteiger partial charge in [0, 0.05) is 0 Å². The van der Waals surface area contributed by atoms with Crippen molar-refractivity contribution in [3.05, 3.63) is 0 Å². The zero-order valence-corrected chi connectivity index (χ0v) is 11.9. The van der Waals surface area contributed by atoms with Crippen LogP contribution in [0.4, 0.5) is 4.79 Å². The first kappa shape index (κ1) is 14.5. The van der Waals surface area contributed by atoms with Gasteiger partial charge in [-0.25, -0.2) is 4.79 Å². The summed E-state index contributed by atoms with van der Waals surface area (Å²) >= 11 is 0. The van der Waals surface area contributed by atoms with Gasteiger partial charge in [-0.15, -0.1) is 0 Å². The summed E-state index contributed by atoms with van der Waals surface area (Å²) in [6.07, 6.45) is -2.34. The molecular weight excluding hydrogens is 245 g/mol. The summed E-state index contributed by atoms with van der Waals surface area (Å²) in [7, 11) is -3.68. The minimum Gasteiger partial charge on any atom is -0.444 e. The minimum atomic E-state index is -3.68. The average Bonchev–Trinajstić information content (AvgIpc) is 2.14. The molecule has 0 aromatic carbocycles. The highest BCUT2D eigenvalue weighted by molar-refractivity contribution is 7.53. The Kier molecular flexibility index (Phi) is 5.95. The summed E-state index contributed by atoms with van der Waals surface area (Å²) < 4.78 is 34.6. The smallest absolute Gasteiger partial charge is 0.408 e. The number of carbonyl (C=O) groups is 1. The van der Waals surface area contributed by atoms with Gasteiger partial charge in [-0.2, -0.15) is 0 Å². The van der Waals surface area contributed by atoms with E-state index in [4.69, 9.17) is 15.2 Å². The van der Waals surface area contributed by atoms with E-state index in [1.165, 1.54) is 0 Å². The molecule has 1 unspecified atom stereocenters. The fourth-order valence-corrected chi connectivity index (χ4v) is 2.12. The van der Waals surface area contributed by atoms with E-state index >= 15 is 0 Å². The van der Waals surface area contributed by atoms with Crippen LogP contribution in [-0.4, -0.2) is 31.2 Å². The summed E-state index contributed by atoms with van der Waals surface area (Å²) in [5, 5.41) is 2.14. The minimum absolute atomic E-state index is 0.128. The number of nitrogens with one attached hydrogen (secondary N) is 1. The van der Waals surface area contributed by atoms with Crippen molar-refractivity contribution in [2.45, 2.75) is 40.2 Å². The monoisotopic (exact) mass is 268 g/mol. The molecule has 0 saturated heterocycles. The molecule has 17 heavy (non-hydrogen) atoms. The molecule has 6 nitrogen and oxygen atoms in total. The maximum absolute atomic E-state index is 12.1. The molecule has 0 aromatic rings. The van der Waals surface area contributed by atoms with E-state index in [2.05, 4.69) is 5.32 Å². The number of hydrogen-bond acceptors (Lipinski definition) is 5. The molecule has 0 aliphatic heterocycles. The lowest BCUT2D eigenvalue weighted by molar-refractivity contribution is 0.0530. The molecule has 0 saturated carbocycles. The Morgan fingerprint density at radius 2 is 1.76 bits per heavy atom. The van der Waals surface area contributed by atoms with Crippen molar-refractivity contribution in [2.24, 2.45) is 0 Å². The highest BCUT2D eigenvalue weighted by atomic mass is 31.2. The topological polar surface area (TPSA) is 73.9 Å². The molecule has 0 aliphatic carbocycles. The zero-order chi connectivity index (χ0) is 14.4. The summed E-state index contributed by atoms with van der Waals surface area (Å²) in [5.74, 6) is 0. The van der Waals surface area contributed by atoms with Gasteiger partial charge in [0.05, 0.1) is 14.6 Å². The van der Waals surface area contributed by atoms with Crippen LogP contribution in [0.25, 0.3) is 0 Å². The first-order valence-corrected chi connectivity index (χ1v) is 7.06. The SMILES string of the molecule is [2H]C(NC(=O)OC(C)(C)C)P(=O)(OCC)OCC. The van der Waals surface area contributed by atoms with Crippen LogP contribution < -0.4 is 5.32 Å². The van der Waals surface area contributed by atoms with Gasteiger partial charge in [0.2, 0.25) is 0 Å². The third-order valence-electron chi connectivity index (χ3n) is 1.36. The molecule has 1 amide bonds. The fourth-order valence-electron chi connectivity index (χ4n) is 0.911. The van der Waals surface area contributed by atoms with E-state index in [-0.39, 0.29) is 13.2 Å².